The normalized spacial score (nSPS) is 16.2. The molecule has 1 aliphatic carbocycles. The first kappa shape index (κ1) is 28.2. The fourth-order valence-corrected chi connectivity index (χ4v) is 7.16. The lowest BCUT2D eigenvalue weighted by Gasteiger charge is -2.29. The van der Waals surface area contributed by atoms with Gasteiger partial charge in [-0.05, 0) is 43.2 Å². The molecule has 2 aromatic carbocycles. The molecular formula is C29H28F4N6O2S. The van der Waals surface area contributed by atoms with Crippen molar-refractivity contribution in [3.05, 3.63) is 78.3 Å². The van der Waals surface area contributed by atoms with E-state index in [0.29, 0.717) is 50.3 Å². The Balaban J connectivity index is 1.46. The van der Waals surface area contributed by atoms with Crippen molar-refractivity contribution in [1.29, 1.82) is 0 Å². The van der Waals surface area contributed by atoms with Gasteiger partial charge in [0, 0.05) is 73.2 Å². The highest BCUT2D eigenvalue weighted by molar-refractivity contribution is 7.93. The molecule has 2 aliphatic rings. The number of piperazine rings is 1. The second kappa shape index (κ2) is 11.4. The highest BCUT2D eigenvalue weighted by atomic mass is 32.2. The number of pyridine rings is 1. The fraction of sp³-hybridized carbons (Fsp3) is 0.310. The van der Waals surface area contributed by atoms with E-state index in [1.54, 1.807) is 12.1 Å². The summed E-state index contributed by atoms with van der Waals surface area (Å²) in [5.41, 5.74) is -0.463. The van der Waals surface area contributed by atoms with Gasteiger partial charge in [-0.3, -0.25) is 9.71 Å². The van der Waals surface area contributed by atoms with Gasteiger partial charge in [-0.1, -0.05) is 12.8 Å². The second-order valence-corrected chi connectivity index (χ2v) is 12.4. The highest BCUT2D eigenvalue weighted by Gasteiger charge is 2.31. The van der Waals surface area contributed by atoms with Crippen LogP contribution >= 0.6 is 0 Å². The molecule has 13 heteroatoms. The zero-order chi connectivity index (χ0) is 29.4. The summed E-state index contributed by atoms with van der Waals surface area (Å²) in [6.45, 7) is 2.53. The maximum atomic E-state index is 16.0. The monoisotopic (exact) mass is 600 g/mol. The van der Waals surface area contributed by atoms with Crippen molar-refractivity contribution < 1.29 is 26.0 Å². The second-order valence-electron chi connectivity index (χ2n) is 10.4. The number of aromatic nitrogens is 3. The van der Waals surface area contributed by atoms with Crippen LogP contribution in [0.4, 0.5) is 28.9 Å². The minimum atomic E-state index is -3.97. The van der Waals surface area contributed by atoms with Crippen molar-refractivity contribution in [1.82, 2.24) is 20.1 Å². The van der Waals surface area contributed by atoms with Gasteiger partial charge in [0.2, 0.25) is 10.0 Å². The smallest absolute Gasteiger partial charge is 0.235 e. The Morgan fingerprint density at radius 1 is 0.905 bits per heavy atom. The molecule has 4 aromatic rings. The van der Waals surface area contributed by atoms with E-state index >= 15 is 13.2 Å². The first-order valence-electron chi connectivity index (χ1n) is 13.7. The average Bonchev–Trinajstić information content (AvgIpc) is 3.67. The summed E-state index contributed by atoms with van der Waals surface area (Å²) in [6, 6.07) is 7.24. The zero-order valence-electron chi connectivity index (χ0n) is 22.5. The lowest BCUT2D eigenvalue weighted by atomic mass is 10.0. The van der Waals surface area contributed by atoms with Gasteiger partial charge in [0.05, 0.1) is 10.9 Å². The quantitative estimate of drug-likeness (QED) is 0.282. The van der Waals surface area contributed by atoms with E-state index in [4.69, 9.17) is 0 Å². The third kappa shape index (κ3) is 5.45. The van der Waals surface area contributed by atoms with Crippen LogP contribution in [0.2, 0.25) is 0 Å². The molecule has 1 saturated heterocycles. The van der Waals surface area contributed by atoms with E-state index in [2.05, 4.69) is 20.1 Å². The molecule has 2 N–H and O–H groups in total. The molecule has 3 heterocycles. The van der Waals surface area contributed by atoms with Crippen molar-refractivity contribution in [3.8, 4) is 28.1 Å². The van der Waals surface area contributed by atoms with Crippen molar-refractivity contribution in [2.75, 3.05) is 35.8 Å². The Bertz CT molecular complexity index is 1700. The minimum absolute atomic E-state index is 0.00416. The highest BCUT2D eigenvalue weighted by Crippen LogP contribution is 2.38. The van der Waals surface area contributed by atoms with Crippen LogP contribution in [0.15, 0.2) is 55.0 Å². The Labute approximate surface area is 240 Å². The maximum Gasteiger partial charge on any atom is 0.235 e. The number of nitrogens with zero attached hydrogens (tertiary/aromatic N) is 4. The molecule has 0 bridgehead atoms. The third-order valence-electron chi connectivity index (χ3n) is 7.70. The molecule has 2 aromatic heterocycles. The number of halogens is 4. The summed E-state index contributed by atoms with van der Waals surface area (Å²) < 4.78 is 90.8. The summed E-state index contributed by atoms with van der Waals surface area (Å²) in [5.74, 6) is -3.71. The van der Waals surface area contributed by atoms with Crippen LogP contribution in [0.25, 0.3) is 28.1 Å². The number of anilines is 2. The molecular weight excluding hydrogens is 572 g/mol. The number of hydrogen-bond acceptors (Lipinski definition) is 6. The summed E-state index contributed by atoms with van der Waals surface area (Å²) in [4.78, 5) is 5.83. The van der Waals surface area contributed by atoms with Gasteiger partial charge in [0.1, 0.15) is 17.2 Å². The number of benzene rings is 2. The molecule has 0 radical (unpaired) electrons. The van der Waals surface area contributed by atoms with E-state index < -0.39 is 49.9 Å². The third-order valence-corrected chi connectivity index (χ3v) is 9.56. The van der Waals surface area contributed by atoms with E-state index in [-0.39, 0.29) is 16.8 Å². The summed E-state index contributed by atoms with van der Waals surface area (Å²) >= 11 is 0. The summed E-state index contributed by atoms with van der Waals surface area (Å²) in [6.07, 6.45) is 6.47. The van der Waals surface area contributed by atoms with Crippen molar-refractivity contribution >= 4 is 21.4 Å². The lowest BCUT2D eigenvalue weighted by molar-refractivity contribution is 0.552. The fourth-order valence-electron chi connectivity index (χ4n) is 5.58. The van der Waals surface area contributed by atoms with Gasteiger partial charge in [0.25, 0.3) is 0 Å². The van der Waals surface area contributed by atoms with E-state index in [1.807, 2.05) is 4.90 Å². The summed E-state index contributed by atoms with van der Waals surface area (Å²) in [7, 11) is -3.97. The molecule has 2 fully saturated rings. The molecule has 220 valence electrons. The standard InChI is InChI=1S/C29H28F4N6O2S/c30-19-13-22(27(33)26(14-19)37-42(40,41)21-3-1-2-4-21)23-17-39(36-28(23)18-5-7-34-8-6-18)29-24(31)15-20(16-25(29)32)38-11-9-35-10-12-38/h5-8,13-17,21,35,37H,1-4,9-12H2. The molecule has 1 saturated carbocycles. The zero-order valence-corrected chi connectivity index (χ0v) is 23.3. The SMILES string of the molecule is O=S(=O)(Nc1cc(F)cc(-c2cn(-c3c(F)cc(N4CCNCC4)cc3F)nc2-c2ccncc2)c1F)C1CCCC1. The Hall–Kier alpha value is -3.97. The van der Waals surface area contributed by atoms with Crippen LogP contribution in [0.3, 0.4) is 0 Å². The van der Waals surface area contributed by atoms with Crippen molar-refractivity contribution in [3.63, 3.8) is 0 Å². The topological polar surface area (TPSA) is 92.2 Å². The number of sulfonamides is 1. The molecule has 8 nitrogen and oxygen atoms in total. The van der Waals surface area contributed by atoms with Gasteiger partial charge in [0.15, 0.2) is 17.5 Å². The van der Waals surface area contributed by atoms with Crippen LogP contribution < -0.4 is 14.9 Å². The molecule has 42 heavy (non-hydrogen) atoms. The largest absolute Gasteiger partial charge is 0.369 e. The van der Waals surface area contributed by atoms with Crippen molar-refractivity contribution in [2.24, 2.45) is 0 Å². The molecule has 0 spiro atoms. The number of rotatable bonds is 7. The van der Waals surface area contributed by atoms with Gasteiger partial charge in [-0.15, -0.1) is 0 Å². The van der Waals surface area contributed by atoms with Gasteiger partial charge < -0.3 is 10.2 Å². The van der Waals surface area contributed by atoms with Gasteiger partial charge in [-0.2, -0.15) is 5.10 Å². The van der Waals surface area contributed by atoms with Crippen LogP contribution in [0.1, 0.15) is 25.7 Å². The molecule has 6 rings (SSSR count). The predicted octanol–water partition coefficient (Wildman–Crippen LogP) is 5.25. The predicted molar refractivity (Wildman–Crippen MR) is 152 cm³/mol. The number of nitrogens with one attached hydrogen (secondary N) is 2. The molecule has 0 amide bonds. The Morgan fingerprint density at radius 2 is 1.57 bits per heavy atom. The van der Waals surface area contributed by atoms with E-state index in [1.165, 1.54) is 30.7 Å². The van der Waals surface area contributed by atoms with Crippen molar-refractivity contribution in [2.45, 2.75) is 30.9 Å². The Kier molecular flexibility index (Phi) is 7.62. The van der Waals surface area contributed by atoms with E-state index in [0.717, 1.165) is 29.7 Å². The first-order valence-corrected chi connectivity index (χ1v) is 15.2. The molecule has 1 aliphatic heterocycles. The molecule has 0 atom stereocenters. The van der Waals surface area contributed by atoms with Gasteiger partial charge in [-0.25, -0.2) is 30.7 Å². The first-order chi connectivity index (χ1) is 20.2. The van der Waals surface area contributed by atoms with Gasteiger partial charge >= 0.3 is 0 Å². The van der Waals surface area contributed by atoms with Crippen LogP contribution in [0.5, 0.6) is 0 Å². The number of hydrogen-bond donors (Lipinski definition) is 2. The minimum Gasteiger partial charge on any atom is -0.369 e. The Morgan fingerprint density at radius 3 is 2.24 bits per heavy atom. The van der Waals surface area contributed by atoms with Crippen LogP contribution in [0, 0.1) is 23.3 Å². The van der Waals surface area contributed by atoms with Crippen LogP contribution in [-0.4, -0.2) is 54.6 Å². The lowest BCUT2D eigenvalue weighted by Crippen LogP contribution is -2.43. The van der Waals surface area contributed by atoms with Crippen LogP contribution in [-0.2, 0) is 10.0 Å². The average molecular weight is 601 g/mol. The van der Waals surface area contributed by atoms with E-state index in [9.17, 15) is 12.8 Å². The maximum absolute atomic E-state index is 16.0. The summed E-state index contributed by atoms with van der Waals surface area (Å²) in [5, 5.41) is 6.87. The molecule has 0 unspecified atom stereocenters.